The molecule has 0 bridgehead atoms. The summed E-state index contributed by atoms with van der Waals surface area (Å²) in [5, 5.41) is 3.78. The van der Waals surface area contributed by atoms with Gasteiger partial charge in [-0.1, -0.05) is 39.3 Å². The Morgan fingerprint density at radius 3 is 1.42 bits per heavy atom. The van der Waals surface area contributed by atoms with Crippen LogP contribution in [0.25, 0.3) is 22.3 Å². The third kappa shape index (κ3) is 13.7. The number of carbonyl (C=O) groups excluding carboxylic acids is 2. The molecule has 0 aromatic carbocycles. The van der Waals surface area contributed by atoms with Gasteiger partial charge >= 0.3 is 12.2 Å². The van der Waals surface area contributed by atoms with Gasteiger partial charge in [-0.25, -0.2) is 49.5 Å². The van der Waals surface area contributed by atoms with E-state index in [1.165, 1.54) is 0 Å². The molecule has 2 amide bonds. The molecule has 0 atom stereocenters. The minimum atomic E-state index is -0.510. The van der Waals surface area contributed by atoms with Crippen molar-refractivity contribution in [3.8, 4) is 34.0 Å². The average molecular weight is 1150 g/mol. The minimum absolute atomic E-state index is 0.244. The lowest BCUT2D eigenvalue weighted by atomic mass is 9.68. The van der Waals surface area contributed by atoms with Gasteiger partial charge in [0.1, 0.15) is 22.2 Å². The van der Waals surface area contributed by atoms with Crippen molar-refractivity contribution in [3.63, 3.8) is 0 Å². The zero-order valence-corrected chi connectivity index (χ0v) is 50.4. The highest BCUT2D eigenvalue weighted by atomic mass is 35.5. The molecule has 2 saturated heterocycles. The van der Waals surface area contributed by atoms with Crippen LogP contribution in [0.1, 0.15) is 132 Å². The number of amides is 2. The Hall–Kier alpha value is -7.61. The summed E-state index contributed by atoms with van der Waals surface area (Å²) in [5.41, 5.74) is 12.4. The van der Waals surface area contributed by atoms with Gasteiger partial charge in [-0.05, 0) is 152 Å². The van der Waals surface area contributed by atoms with Gasteiger partial charge in [0, 0.05) is 99.4 Å². The molecule has 10 heterocycles. The van der Waals surface area contributed by atoms with E-state index in [9.17, 15) is 9.59 Å². The second-order valence-corrected chi connectivity index (χ2v) is 26.3. The summed E-state index contributed by atoms with van der Waals surface area (Å²) in [7, 11) is 0. The van der Waals surface area contributed by atoms with E-state index < -0.39 is 22.4 Å². The molecule has 21 heteroatoms. The predicted octanol–water partition coefficient (Wildman–Crippen LogP) is 12.0. The van der Waals surface area contributed by atoms with Crippen LogP contribution in [0.4, 0.5) is 38.7 Å². The zero-order chi connectivity index (χ0) is 59.0. The van der Waals surface area contributed by atoms with E-state index in [4.69, 9.17) is 41.3 Å². The third-order valence-corrected chi connectivity index (χ3v) is 16.5. The number of nitrogens with one attached hydrogen (secondary N) is 1. The largest absolute Gasteiger partial charge is 0.464 e. The first-order valence-corrected chi connectivity index (χ1v) is 29.3. The molecular weight excluding hydrogens is 1070 g/mol. The fourth-order valence-corrected chi connectivity index (χ4v) is 11.5. The molecule has 2 aliphatic carbocycles. The number of nitrogens with zero attached hydrogens (tertiary/aromatic N) is 12. The first-order chi connectivity index (χ1) is 39.3. The lowest BCUT2D eigenvalue weighted by molar-refractivity contribution is -0.0162. The number of ether oxygens (including phenoxy) is 4. The number of hydrogen-bond donors (Lipinski definition) is 2. The topological polar surface area (TPSA) is 225 Å². The average Bonchev–Trinajstić information content (AvgIpc) is 1.57. The number of rotatable bonds is 4. The quantitative estimate of drug-likeness (QED) is 0.156. The number of fused-ring (bicyclic) bond motifs is 8. The van der Waals surface area contributed by atoms with E-state index >= 15 is 0 Å². The van der Waals surface area contributed by atoms with Crippen molar-refractivity contribution < 1.29 is 28.5 Å². The van der Waals surface area contributed by atoms with Crippen LogP contribution >= 0.6 is 11.6 Å². The molecule has 0 unspecified atom stereocenters. The van der Waals surface area contributed by atoms with Gasteiger partial charge in [0.25, 0.3) is 0 Å². The smallest absolute Gasteiger partial charge is 0.410 e. The minimum Gasteiger partial charge on any atom is -0.464 e. The van der Waals surface area contributed by atoms with E-state index in [1.807, 2.05) is 103 Å². The Bertz CT molecular complexity index is 3260. The maximum atomic E-state index is 12.4. The molecule has 4 aliphatic heterocycles. The summed E-state index contributed by atoms with van der Waals surface area (Å²) in [6.07, 6.45) is 18.3. The number of aromatic nitrogens is 8. The molecule has 6 aromatic rings. The maximum absolute atomic E-state index is 12.4. The van der Waals surface area contributed by atoms with Crippen LogP contribution in [-0.4, -0.2) is 125 Å². The highest BCUT2D eigenvalue weighted by Crippen LogP contribution is 2.54. The Kier molecular flexibility index (Phi) is 16.4. The van der Waals surface area contributed by atoms with Crippen molar-refractivity contribution in [3.05, 3.63) is 102 Å². The Balaban J connectivity index is 0.000000154. The standard InChI is InChI=1S/C31H39N7O3.C17H20N4O.C14H20ClN3O2/c1-29(2,3)41-28(39)38-17-15-37(16-18-38)21-8-9-24(33-19-21)35-27-34-20-23-22-7-6-14-32-26(22)40-31(25(23)36-27)12-10-30(4,5)11-13-31;1-16(2)5-7-17(8-6-16)13-12(10-20-15(18)21-13)11-4-3-9-19-14(11)22-17;1-14(2,3)20-13(19)18-8-6-17(7-9-18)11-4-5-12(15)16-10-11/h6-9,14,19-20H,10-13,15-18H2,1-5H3,(H,33,34,35,36);3-4,9-10H,5-8H2,1-2H3,(H2,18,20,21);4-5,10H,6-9H2,1-3H3. The molecule has 3 N–H and O–H groups in total. The molecule has 2 spiro atoms. The van der Waals surface area contributed by atoms with Gasteiger partial charge < -0.3 is 49.6 Å². The van der Waals surface area contributed by atoms with Crippen LogP contribution in [0, 0.1) is 10.8 Å². The van der Waals surface area contributed by atoms with Crippen molar-refractivity contribution in [2.45, 2.75) is 143 Å². The van der Waals surface area contributed by atoms with Crippen LogP contribution in [0.3, 0.4) is 0 Å². The summed E-state index contributed by atoms with van der Waals surface area (Å²) in [5.74, 6) is 2.81. The van der Waals surface area contributed by atoms with E-state index in [0.717, 1.165) is 123 Å². The molecule has 20 nitrogen and oxygen atoms in total. The van der Waals surface area contributed by atoms with E-state index in [2.05, 4.69) is 77.7 Å². The molecule has 2 saturated carbocycles. The van der Waals surface area contributed by atoms with Gasteiger partial charge in [-0.3, -0.25) is 0 Å². The van der Waals surface area contributed by atoms with Gasteiger partial charge in [0.05, 0.1) is 35.2 Å². The van der Waals surface area contributed by atoms with Crippen molar-refractivity contribution in [2.75, 3.05) is 73.2 Å². The van der Waals surface area contributed by atoms with Crippen molar-refractivity contribution in [1.29, 1.82) is 0 Å². The van der Waals surface area contributed by atoms with E-state index in [-0.39, 0.29) is 17.6 Å². The fourth-order valence-electron chi connectivity index (χ4n) is 11.4. The van der Waals surface area contributed by atoms with Gasteiger partial charge in [0.2, 0.25) is 23.7 Å². The molecule has 4 fully saturated rings. The highest BCUT2D eigenvalue weighted by molar-refractivity contribution is 6.29. The Labute approximate surface area is 492 Å². The van der Waals surface area contributed by atoms with Crippen LogP contribution in [0.5, 0.6) is 11.8 Å². The summed E-state index contributed by atoms with van der Waals surface area (Å²) < 4.78 is 23.9. The number of hydrogen-bond acceptors (Lipinski definition) is 18. The first kappa shape index (κ1) is 58.6. The lowest BCUT2D eigenvalue weighted by Crippen LogP contribution is -2.50. The third-order valence-electron chi connectivity index (χ3n) is 16.3. The number of halogens is 1. The molecule has 6 aromatic heterocycles. The van der Waals surface area contributed by atoms with Crippen LogP contribution in [0.15, 0.2) is 85.7 Å². The molecule has 6 aliphatic rings. The summed E-state index contributed by atoms with van der Waals surface area (Å²) in [4.78, 5) is 68.3. The molecule has 440 valence electrons. The second-order valence-electron chi connectivity index (χ2n) is 26.0. The number of pyridine rings is 4. The Morgan fingerprint density at radius 2 is 0.988 bits per heavy atom. The van der Waals surface area contributed by atoms with Gasteiger partial charge in [0.15, 0.2) is 11.2 Å². The monoisotopic (exact) mass is 1150 g/mol. The second kappa shape index (κ2) is 23.2. The predicted molar refractivity (Wildman–Crippen MR) is 321 cm³/mol. The molecule has 12 rings (SSSR count). The van der Waals surface area contributed by atoms with Crippen molar-refractivity contribution >= 4 is 52.9 Å². The zero-order valence-electron chi connectivity index (χ0n) is 49.7. The normalized spacial score (nSPS) is 18.9. The highest BCUT2D eigenvalue weighted by Gasteiger charge is 2.49. The SMILES string of the molecule is CC(C)(C)OC(=O)N1CCN(c2ccc(Cl)nc2)CC1.CC1(C)CCC2(CC1)Oc1ncccc1-c1cnc(N)nc12.CC1(C)CCC2(CC1)Oc1ncccc1-c1cnc(Nc3ccc(N4CCN(C(=O)OC(C)(C)C)CC4)cn3)nc12. The lowest BCUT2D eigenvalue weighted by Gasteiger charge is -2.45. The number of nitrogen functional groups attached to an aromatic ring is 1. The maximum Gasteiger partial charge on any atom is 0.410 e. The van der Waals surface area contributed by atoms with Crippen molar-refractivity contribution in [2.24, 2.45) is 10.8 Å². The van der Waals surface area contributed by atoms with Crippen LogP contribution < -0.4 is 30.3 Å². The number of carbonyl (C=O) groups is 2. The first-order valence-electron chi connectivity index (χ1n) is 28.9. The molecular formula is C62H79ClN14O6. The van der Waals surface area contributed by atoms with Gasteiger partial charge in [-0.2, -0.15) is 0 Å². The van der Waals surface area contributed by atoms with Crippen LogP contribution in [-0.2, 0) is 20.7 Å². The number of piperazine rings is 2. The van der Waals surface area contributed by atoms with Crippen molar-refractivity contribution in [1.82, 2.24) is 49.7 Å². The van der Waals surface area contributed by atoms with Crippen LogP contribution in [0.2, 0.25) is 5.15 Å². The fraction of sp³-hybridized carbons (Fsp3) is 0.516. The summed E-state index contributed by atoms with van der Waals surface area (Å²) in [6, 6.07) is 15.5. The Morgan fingerprint density at radius 1 is 0.542 bits per heavy atom. The van der Waals surface area contributed by atoms with E-state index in [0.29, 0.717) is 66.2 Å². The van der Waals surface area contributed by atoms with Gasteiger partial charge in [-0.15, -0.1) is 0 Å². The summed E-state index contributed by atoms with van der Waals surface area (Å²) >= 11 is 5.78. The summed E-state index contributed by atoms with van der Waals surface area (Å²) in [6.45, 7) is 26.0. The molecule has 83 heavy (non-hydrogen) atoms. The number of nitrogens with two attached hydrogens (primary N) is 1. The molecule has 0 radical (unpaired) electrons. The number of anilines is 5. The van der Waals surface area contributed by atoms with E-state index in [1.54, 1.807) is 34.5 Å².